The topological polar surface area (TPSA) is 0 Å². The molecule has 2 aliphatic carbocycles. The maximum atomic E-state index is 14.2. The summed E-state index contributed by atoms with van der Waals surface area (Å²) in [5.74, 6) is 0.0111. The predicted octanol–water partition coefficient (Wildman–Crippen LogP) is 7.91. The van der Waals surface area contributed by atoms with E-state index in [2.05, 4.69) is 90.1 Å². The minimum atomic E-state index is -4.94. The van der Waals surface area contributed by atoms with Gasteiger partial charge in [-0.2, -0.15) is 0 Å². The summed E-state index contributed by atoms with van der Waals surface area (Å²) in [6.07, 6.45) is -7.31. The fourth-order valence-corrected chi connectivity index (χ4v) is 12.6. The van der Waals surface area contributed by atoms with E-state index >= 15 is 0 Å². The Morgan fingerprint density at radius 2 is 1.02 bits per heavy atom. The molecule has 0 saturated carbocycles. The molecule has 0 aromatic heterocycles. The van der Waals surface area contributed by atoms with E-state index < -0.39 is 46.7 Å². The molecule has 0 amide bonds. The van der Waals surface area contributed by atoms with E-state index in [1.807, 2.05) is 54.6 Å². The van der Waals surface area contributed by atoms with Gasteiger partial charge in [0.05, 0.1) is 0 Å². The van der Waals surface area contributed by atoms with Crippen LogP contribution in [-0.4, -0.2) is 0 Å². The standard InChI is InChI=1S/C30H33.C17H9F6.2ClH.Zr/c1-29(2,3)24-17-23(18-25(20-24)30(4,5)6)27-19-22-14-10-11-15-26(22)28(27)16-21-12-8-7-9-13-21;18-16(19,20)14-7-13(8-15(9-14)17(21,22)23)12-5-10-3-1-2-4-11(10)6-12;;;/h7-15,17-18,20,28H,16H2,1-6H3;1-9H;2*1H;/q;;;;+2/p-2. The van der Waals surface area contributed by atoms with Gasteiger partial charge in [-0.05, 0) is 0 Å². The van der Waals surface area contributed by atoms with Crippen molar-refractivity contribution >= 4 is 20.5 Å². The molecule has 0 bridgehead atoms. The van der Waals surface area contributed by atoms with Crippen molar-refractivity contribution < 1.29 is 74.4 Å². The van der Waals surface area contributed by atoms with Gasteiger partial charge in [0.1, 0.15) is 0 Å². The van der Waals surface area contributed by atoms with Gasteiger partial charge in [-0.25, -0.2) is 0 Å². The van der Waals surface area contributed by atoms with Crippen LogP contribution in [0.4, 0.5) is 26.3 Å². The second kappa shape index (κ2) is 16.1. The molecule has 0 radical (unpaired) electrons. The van der Waals surface area contributed by atoms with Crippen molar-refractivity contribution in [1.29, 1.82) is 0 Å². The number of benzene rings is 5. The number of halogens is 8. The molecular formula is C47H42Cl2F6Zr. The summed E-state index contributed by atoms with van der Waals surface area (Å²) in [4.78, 5) is 0. The molecule has 2 aliphatic rings. The Bertz CT molecular complexity index is 2220. The van der Waals surface area contributed by atoms with Crippen LogP contribution in [0, 0.1) is 0 Å². The smallest absolute Gasteiger partial charge is 1.00 e. The number of hydrogen-bond acceptors (Lipinski definition) is 0. The van der Waals surface area contributed by atoms with Crippen molar-refractivity contribution in [1.82, 2.24) is 0 Å². The number of hydrogen-bond donors (Lipinski definition) is 0. The van der Waals surface area contributed by atoms with E-state index in [1.165, 1.54) is 31.1 Å². The Balaban J connectivity index is 0.00000300. The van der Waals surface area contributed by atoms with Gasteiger partial charge in [0, 0.05) is 0 Å². The summed E-state index contributed by atoms with van der Waals surface area (Å²) in [6, 6.07) is 35.5. The molecule has 5 aromatic carbocycles. The summed E-state index contributed by atoms with van der Waals surface area (Å²) in [6.45, 7) is 13.3. The third-order valence-electron chi connectivity index (χ3n) is 10.6. The Labute approximate surface area is 349 Å². The Hall–Kier alpha value is -3.38. The third kappa shape index (κ3) is 8.86. The molecule has 0 N–H and O–H groups in total. The van der Waals surface area contributed by atoms with Gasteiger partial charge in [-0.15, -0.1) is 0 Å². The van der Waals surface area contributed by atoms with Crippen molar-refractivity contribution in [2.75, 3.05) is 0 Å². The first-order valence-corrected chi connectivity index (χ1v) is 20.8. The van der Waals surface area contributed by atoms with E-state index in [0.717, 1.165) is 40.8 Å². The number of rotatable bonds is 6. The van der Waals surface area contributed by atoms with E-state index in [-0.39, 0.29) is 56.8 Å². The molecule has 0 saturated heterocycles. The first-order valence-electron chi connectivity index (χ1n) is 18.2. The molecule has 2 atom stereocenters. The maximum Gasteiger partial charge on any atom is -1.00 e. The second-order valence-electron chi connectivity index (χ2n) is 16.5. The van der Waals surface area contributed by atoms with Crippen LogP contribution >= 0.6 is 0 Å². The quantitative estimate of drug-likeness (QED) is 0.152. The molecule has 7 rings (SSSR count). The fraction of sp³-hybridized carbons (Fsp3) is 0.277. The summed E-state index contributed by atoms with van der Waals surface area (Å²) in [5, 5.41) is 0. The van der Waals surface area contributed by atoms with E-state index in [4.69, 9.17) is 0 Å². The van der Waals surface area contributed by atoms with Crippen LogP contribution in [0.25, 0.3) is 20.5 Å². The fourth-order valence-electron chi connectivity index (χ4n) is 7.71. The maximum absolute atomic E-state index is 14.2. The molecule has 0 aliphatic heterocycles. The zero-order valence-electron chi connectivity index (χ0n) is 31.9. The van der Waals surface area contributed by atoms with Gasteiger partial charge in [-0.1, -0.05) is 0 Å². The molecule has 5 aromatic rings. The van der Waals surface area contributed by atoms with Crippen LogP contribution in [0.15, 0.2) is 115 Å². The molecule has 56 heavy (non-hydrogen) atoms. The molecule has 9 heteroatoms. The second-order valence-corrected chi connectivity index (χ2v) is 19.9. The summed E-state index contributed by atoms with van der Waals surface area (Å²) in [7, 11) is 0. The van der Waals surface area contributed by atoms with E-state index in [0.29, 0.717) is 5.57 Å². The van der Waals surface area contributed by atoms with Crippen LogP contribution in [0.2, 0.25) is 0 Å². The molecule has 0 spiro atoms. The van der Waals surface area contributed by atoms with Crippen molar-refractivity contribution in [3.8, 4) is 0 Å². The monoisotopic (exact) mass is 880 g/mol. The SMILES string of the molecule is CC(C)(C)c1cc(C2=[C]([Zr+2][CH]3C(c4cc(C(F)(F)F)cc(C(F)(F)F)c4)=Cc4ccccc43)c3ccccc3C2Cc2ccccc2)cc(C(C)(C)C)c1.[Cl-].[Cl-]. The van der Waals surface area contributed by atoms with Gasteiger partial charge >= 0.3 is 327 Å². The minimum Gasteiger partial charge on any atom is -1.00 e. The third-order valence-corrected chi connectivity index (χ3v) is 14.9. The minimum absolute atomic E-state index is 0. The Morgan fingerprint density at radius 1 is 0.536 bits per heavy atom. The zero-order valence-corrected chi connectivity index (χ0v) is 35.9. The van der Waals surface area contributed by atoms with E-state index in [1.54, 1.807) is 0 Å². The van der Waals surface area contributed by atoms with Gasteiger partial charge in [0.25, 0.3) is 0 Å². The Morgan fingerprint density at radius 3 is 1.57 bits per heavy atom. The number of alkyl halides is 6. The van der Waals surface area contributed by atoms with Crippen molar-refractivity contribution in [2.24, 2.45) is 0 Å². The molecule has 0 heterocycles. The summed E-state index contributed by atoms with van der Waals surface area (Å²) >= 11 is -1.92. The van der Waals surface area contributed by atoms with Crippen LogP contribution in [0.1, 0.15) is 112 Å². The van der Waals surface area contributed by atoms with Gasteiger partial charge < -0.3 is 24.8 Å². The van der Waals surface area contributed by atoms with Crippen molar-refractivity contribution in [3.05, 3.63) is 176 Å². The van der Waals surface area contributed by atoms with E-state index in [9.17, 15) is 26.3 Å². The zero-order chi connectivity index (χ0) is 38.8. The van der Waals surface area contributed by atoms with Crippen molar-refractivity contribution in [2.45, 2.75) is 80.7 Å². The molecule has 0 nitrogen and oxygen atoms in total. The average molecular weight is 883 g/mol. The van der Waals surface area contributed by atoms with Crippen LogP contribution in [0.5, 0.6) is 0 Å². The predicted molar refractivity (Wildman–Crippen MR) is 203 cm³/mol. The van der Waals surface area contributed by atoms with Gasteiger partial charge in [-0.3, -0.25) is 0 Å². The average Bonchev–Trinajstić information content (AvgIpc) is 3.62. The van der Waals surface area contributed by atoms with Crippen molar-refractivity contribution in [3.63, 3.8) is 0 Å². The largest absolute Gasteiger partial charge is 1.00 e. The van der Waals surface area contributed by atoms with Crippen LogP contribution in [-0.2, 0) is 52.8 Å². The summed E-state index contributed by atoms with van der Waals surface area (Å²) < 4.78 is 86.0. The summed E-state index contributed by atoms with van der Waals surface area (Å²) in [5.41, 5.74) is 7.75. The molecular weight excluding hydrogens is 841 g/mol. The first kappa shape index (κ1) is 43.7. The first-order chi connectivity index (χ1) is 25.3. The van der Waals surface area contributed by atoms with Crippen LogP contribution in [0.3, 0.4) is 0 Å². The number of allylic oxidation sites excluding steroid dienone is 2. The molecule has 290 valence electrons. The molecule has 2 unspecified atom stereocenters. The Kier molecular flexibility index (Phi) is 12.6. The molecule has 0 fully saturated rings. The van der Waals surface area contributed by atoms with Gasteiger partial charge in [0.2, 0.25) is 0 Å². The number of fused-ring (bicyclic) bond motifs is 2. The van der Waals surface area contributed by atoms with Crippen LogP contribution < -0.4 is 24.8 Å². The van der Waals surface area contributed by atoms with Gasteiger partial charge in [0.15, 0.2) is 0 Å². The normalized spacial score (nSPS) is 16.7.